The van der Waals surface area contributed by atoms with Crippen molar-refractivity contribution in [3.8, 4) is 0 Å². The molecular formula is C29H30ClF3N8O3. The predicted octanol–water partition coefficient (Wildman–Crippen LogP) is 2.34. The number of nitrogens with zero attached hydrogens (tertiary/aromatic N) is 7. The third-order valence-corrected chi connectivity index (χ3v) is 8.01. The molecule has 1 aromatic carbocycles. The number of imidazole rings is 1. The van der Waals surface area contributed by atoms with Crippen molar-refractivity contribution in [1.82, 2.24) is 24.7 Å². The molecule has 5 rings (SSSR count). The molecule has 2 aromatic rings. The van der Waals surface area contributed by atoms with E-state index in [2.05, 4.69) is 27.0 Å². The van der Waals surface area contributed by atoms with Gasteiger partial charge in [0.2, 0.25) is 24.0 Å². The number of piperazine rings is 1. The summed E-state index contributed by atoms with van der Waals surface area (Å²) in [6.07, 6.45) is 1.73. The summed E-state index contributed by atoms with van der Waals surface area (Å²) in [5.41, 5.74) is -1.04. The van der Waals surface area contributed by atoms with Crippen LogP contribution in [0.3, 0.4) is 0 Å². The van der Waals surface area contributed by atoms with Crippen LogP contribution in [0, 0.1) is 5.92 Å². The standard InChI is InChI=1S/C29H30ClF3N8O3/c1-3-10-41-17-21(24(37-41)29(31,32)33)23-16-35-25(38(23)2)26(42)36-19-4-5-20(22(30)15-19)28(44)40-13-11-39(12-14-40)27(43)18-6-8-34-9-7-18/h3-5,10,15-18,34H,1,6-9,11-14H2,2H3. The highest BCUT2D eigenvalue weighted by Crippen LogP contribution is 2.32. The molecule has 2 fully saturated rings. The number of hydrogen-bond acceptors (Lipinski definition) is 7. The number of halogens is 4. The predicted molar refractivity (Wildman–Crippen MR) is 157 cm³/mol. The third-order valence-electron chi connectivity index (χ3n) is 7.69. The van der Waals surface area contributed by atoms with Crippen LogP contribution < -0.4 is 10.4 Å². The van der Waals surface area contributed by atoms with E-state index >= 15 is 0 Å². The smallest absolute Gasteiger partial charge is 0.440 e. The van der Waals surface area contributed by atoms with E-state index in [-0.39, 0.29) is 51.1 Å². The largest absolute Gasteiger partial charge is 0.856 e. The molecule has 11 nitrogen and oxygen atoms in total. The van der Waals surface area contributed by atoms with E-state index in [1.54, 1.807) is 4.90 Å². The van der Waals surface area contributed by atoms with E-state index in [0.29, 0.717) is 26.2 Å². The number of amides is 2. The molecule has 15 heteroatoms. The fraction of sp³-hybridized carbons (Fsp3) is 0.379. The van der Waals surface area contributed by atoms with Crippen LogP contribution in [0.15, 0.2) is 53.3 Å². The Kier molecular flexibility index (Phi) is 9.02. The van der Waals surface area contributed by atoms with Gasteiger partial charge in [0.1, 0.15) is 11.4 Å². The van der Waals surface area contributed by atoms with Gasteiger partial charge in [-0.05, 0) is 50.2 Å². The van der Waals surface area contributed by atoms with Gasteiger partial charge in [0.05, 0.1) is 28.2 Å². The Morgan fingerprint density at radius 1 is 1.18 bits per heavy atom. The van der Waals surface area contributed by atoms with E-state index in [4.69, 9.17) is 11.6 Å². The zero-order valence-electron chi connectivity index (χ0n) is 23.8. The molecule has 3 aliphatic heterocycles. The lowest BCUT2D eigenvalue weighted by molar-refractivity contribution is -0.452. The molecule has 2 saturated heterocycles. The normalized spacial score (nSPS) is 19.3. The molecule has 1 N–H and O–H groups in total. The molecule has 0 aliphatic carbocycles. The quantitative estimate of drug-likeness (QED) is 0.298. The first-order valence-electron chi connectivity index (χ1n) is 14.0. The monoisotopic (exact) mass is 630 g/mol. The lowest BCUT2D eigenvalue weighted by Crippen LogP contribution is -2.52. The van der Waals surface area contributed by atoms with Crippen molar-refractivity contribution in [3.05, 3.63) is 65.4 Å². The maximum atomic E-state index is 13.7. The fourth-order valence-corrected chi connectivity index (χ4v) is 5.63. The molecule has 232 valence electrons. The van der Waals surface area contributed by atoms with Crippen LogP contribution >= 0.6 is 11.6 Å². The summed E-state index contributed by atoms with van der Waals surface area (Å²) >= 11 is 6.42. The molecule has 1 aromatic heterocycles. The Bertz CT molecular complexity index is 1600. The average molecular weight is 631 g/mol. The molecule has 0 saturated carbocycles. The summed E-state index contributed by atoms with van der Waals surface area (Å²) in [4.78, 5) is 37.5. The maximum absolute atomic E-state index is 13.7. The number of carbonyl (C=O) groups excluding carboxylic acids is 2. The Balaban J connectivity index is 1.28. The summed E-state index contributed by atoms with van der Waals surface area (Å²) in [5, 5.41) is 19.9. The van der Waals surface area contributed by atoms with Gasteiger partial charge >= 0.3 is 6.18 Å². The Morgan fingerprint density at radius 2 is 1.86 bits per heavy atom. The summed E-state index contributed by atoms with van der Waals surface area (Å²) in [5.74, 6) is -1.18. The van der Waals surface area contributed by atoms with Gasteiger partial charge in [-0.3, -0.25) is 14.6 Å². The first-order chi connectivity index (χ1) is 21.0. The summed E-state index contributed by atoms with van der Waals surface area (Å²) in [7, 11) is 1.40. The van der Waals surface area contributed by atoms with E-state index in [0.717, 1.165) is 43.0 Å². The number of rotatable bonds is 6. The molecule has 0 spiro atoms. The Hall–Kier alpha value is -4.30. The minimum atomic E-state index is -4.75. The topological polar surface area (TPSA) is 121 Å². The first-order valence-corrected chi connectivity index (χ1v) is 14.3. The molecule has 3 aliphatic rings. The number of benzene rings is 1. The van der Waals surface area contributed by atoms with Crippen molar-refractivity contribution in [2.24, 2.45) is 23.1 Å². The molecule has 44 heavy (non-hydrogen) atoms. The number of allylic oxidation sites excluding steroid dienone is 2. The van der Waals surface area contributed by atoms with Gasteiger partial charge in [-0.2, -0.15) is 13.2 Å². The SMILES string of the molecule is C=CC=[N+]1C=C(c2cnc(C([O-])=Nc3ccc(C(=O)N4CCN(C(=O)C5CCNCC5)CC4)c(Cl)c3)n2C)C(C(F)(F)F)=N1. The van der Waals surface area contributed by atoms with Crippen molar-refractivity contribution >= 4 is 52.5 Å². The lowest BCUT2D eigenvalue weighted by Gasteiger charge is -2.37. The lowest BCUT2D eigenvalue weighted by atomic mass is 9.96. The number of hydrogen-bond donors (Lipinski definition) is 1. The van der Waals surface area contributed by atoms with Crippen LogP contribution in [0.1, 0.15) is 34.7 Å². The van der Waals surface area contributed by atoms with Crippen LogP contribution in [0.2, 0.25) is 5.02 Å². The first kappa shape index (κ1) is 31.1. The van der Waals surface area contributed by atoms with Gasteiger partial charge in [-0.15, -0.1) is 0 Å². The van der Waals surface area contributed by atoms with E-state index < -0.39 is 17.8 Å². The van der Waals surface area contributed by atoms with Gasteiger partial charge in [-0.1, -0.05) is 22.9 Å². The van der Waals surface area contributed by atoms with E-state index in [9.17, 15) is 27.9 Å². The van der Waals surface area contributed by atoms with Crippen LogP contribution in [-0.4, -0.2) is 99.1 Å². The van der Waals surface area contributed by atoms with Crippen LogP contribution in [-0.2, 0) is 11.8 Å². The molecule has 2 amide bonds. The molecule has 0 bridgehead atoms. The van der Waals surface area contributed by atoms with Gasteiger partial charge in [-0.25, -0.2) is 4.98 Å². The third kappa shape index (κ3) is 6.45. The van der Waals surface area contributed by atoms with Crippen molar-refractivity contribution in [1.29, 1.82) is 0 Å². The Morgan fingerprint density at radius 3 is 2.50 bits per heavy atom. The zero-order valence-corrected chi connectivity index (χ0v) is 24.6. The highest BCUT2D eigenvalue weighted by atomic mass is 35.5. The second-order valence-electron chi connectivity index (χ2n) is 10.5. The highest BCUT2D eigenvalue weighted by Gasteiger charge is 2.46. The minimum Gasteiger partial charge on any atom is -0.856 e. The number of carbonyl (C=O) groups is 2. The van der Waals surface area contributed by atoms with Crippen molar-refractivity contribution < 1.29 is 32.6 Å². The van der Waals surface area contributed by atoms with Gasteiger partial charge in [0, 0.05) is 50.1 Å². The van der Waals surface area contributed by atoms with Crippen LogP contribution in [0.5, 0.6) is 0 Å². The van der Waals surface area contributed by atoms with Crippen LogP contribution in [0.25, 0.3) is 5.57 Å². The molecular weight excluding hydrogens is 601 g/mol. The Labute approximate surface area is 256 Å². The van der Waals surface area contributed by atoms with E-state index in [1.807, 2.05) is 4.90 Å². The minimum absolute atomic E-state index is 0.0103. The second kappa shape index (κ2) is 12.7. The van der Waals surface area contributed by atoms with Crippen molar-refractivity contribution in [2.75, 3.05) is 39.3 Å². The summed E-state index contributed by atoms with van der Waals surface area (Å²) in [6, 6.07) is 4.28. The molecule has 0 radical (unpaired) electrons. The van der Waals surface area contributed by atoms with Crippen molar-refractivity contribution in [2.45, 2.75) is 19.0 Å². The fourth-order valence-electron chi connectivity index (χ4n) is 5.37. The number of aliphatic imine (C=N–C) groups is 1. The van der Waals surface area contributed by atoms with Crippen LogP contribution in [0.4, 0.5) is 18.9 Å². The van der Waals surface area contributed by atoms with Gasteiger partial charge in [0.25, 0.3) is 5.91 Å². The molecule has 0 atom stereocenters. The second-order valence-corrected chi connectivity index (χ2v) is 10.9. The number of aromatic nitrogens is 2. The average Bonchev–Trinajstić information content (AvgIpc) is 3.60. The number of hydrazone groups is 1. The maximum Gasteiger partial charge on any atom is 0.440 e. The number of alkyl halides is 3. The summed E-state index contributed by atoms with van der Waals surface area (Å²) in [6.45, 7) is 6.75. The zero-order chi connectivity index (χ0) is 31.6. The molecule has 4 heterocycles. The van der Waals surface area contributed by atoms with Crippen molar-refractivity contribution in [3.63, 3.8) is 0 Å². The van der Waals surface area contributed by atoms with Gasteiger partial charge < -0.3 is 24.8 Å². The number of piperidine rings is 1. The number of nitrogens with one attached hydrogen (secondary N) is 1. The van der Waals surface area contributed by atoms with E-state index in [1.165, 1.54) is 42.1 Å². The molecule has 0 unspecified atom stereocenters. The van der Waals surface area contributed by atoms with Gasteiger partial charge in [0.15, 0.2) is 0 Å². The highest BCUT2D eigenvalue weighted by molar-refractivity contribution is 6.34. The summed E-state index contributed by atoms with van der Waals surface area (Å²) < 4.78 is 43.1.